The number of likely N-dealkylation sites (N-methyl/N-ethyl adjacent to an activating group) is 1. The lowest BCUT2D eigenvalue weighted by molar-refractivity contribution is -0.133. The number of benzene rings is 1. The molecule has 1 aliphatic carbocycles. The molecule has 90 valence electrons. The number of carbonyl (C=O) groups is 1. The van der Waals surface area contributed by atoms with Crippen molar-refractivity contribution in [2.75, 3.05) is 13.6 Å². The third-order valence-corrected chi connectivity index (χ3v) is 4.62. The van der Waals surface area contributed by atoms with Gasteiger partial charge in [-0.15, -0.1) is 0 Å². The average Bonchev–Trinajstić information content (AvgIpc) is 2.66. The summed E-state index contributed by atoms with van der Waals surface area (Å²) in [6.45, 7) is 3.11. The van der Waals surface area contributed by atoms with Gasteiger partial charge in [-0.05, 0) is 42.9 Å². The summed E-state index contributed by atoms with van der Waals surface area (Å²) in [5.41, 5.74) is 4.72. The summed E-state index contributed by atoms with van der Waals surface area (Å²) >= 11 is 0. The van der Waals surface area contributed by atoms with E-state index in [1.807, 2.05) is 11.9 Å². The number of carbonyl (C=O) groups excluding carboxylic acids is 1. The number of amides is 1. The van der Waals surface area contributed by atoms with Crippen LogP contribution in [0.4, 0.5) is 0 Å². The molecule has 0 bridgehead atoms. The number of piperidine rings is 1. The van der Waals surface area contributed by atoms with E-state index in [0.717, 1.165) is 13.0 Å². The van der Waals surface area contributed by atoms with Crippen LogP contribution >= 0.6 is 0 Å². The van der Waals surface area contributed by atoms with Gasteiger partial charge < -0.3 is 4.90 Å². The Morgan fingerprint density at radius 2 is 2.00 bits per heavy atom. The Labute approximate surface area is 103 Å². The quantitative estimate of drug-likeness (QED) is 0.669. The lowest BCUT2D eigenvalue weighted by atomic mass is 9.75. The maximum atomic E-state index is 11.6. The van der Waals surface area contributed by atoms with Crippen LogP contribution in [-0.4, -0.2) is 24.4 Å². The van der Waals surface area contributed by atoms with Crippen molar-refractivity contribution in [3.8, 4) is 0 Å². The molecule has 1 aromatic rings. The van der Waals surface area contributed by atoms with Crippen LogP contribution in [0.5, 0.6) is 0 Å². The standard InChI is InChI=1S/C15H19NO/c1-11-4-3-5-13-12(11)6-8-15(13)9-7-14(17)16(2)10-15/h3-5H,6-10H2,1-2H3. The van der Waals surface area contributed by atoms with E-state index in [-0.39, 0.29) is 5.41 Å². The molecule has 0 radical (unpaired) electrons. The Balaban J connectivity index is 2.03. The molecule has 1 amide bonds. The van der Waals surface area contributed by atoms with E-state index in [2.05, 4.69) is 25.1 Å². The molecule has 1 spiro atoms. The highest BCUT2D eigenvalue weighted by Gasteiger charge is 2.43. The van der Waals surface area contributed by atoms with E-state index in [9.17, 15) is 4.79 Å². The Morgan fingerprint density at radius 1 is 1.24 bits per heavy atom. The number of likely N-dealkylation sites (tertiary alicyclic amines) is 1. The first-order valence-corrected chi connectivity index (χ1v) is 6.45. The largest absolute Gasteiger partial charge is 0.345 e. The molecule has 2 aliphatic rings. The fourth-order valence-corrected chi connectivity index (χ4v) is 3.61. The number of nitrogens with zero attached hydrogens (tertiary/aromatic N) is 1. The van der Waals surface area contributed by atoms with E-state index >= 15 is 0 Å². The van der Waals surface area contributed by atoms with Crippen molar-refractivity contribution in [2.24, 2.45) is 0 Å². The van der Waals surface area contributed by atoms with Gasteiger partial charge in [0.25, 0.3) is 0 Å². The zero-order valence-corrected chi connectivity index (χ0v) is 10.6. The van der Waals surface area contributed by atoms with E-state index in [1.165, 1.54) is 29.5 Å². The second-order valence-electron chi connectivity index (χ2n) is 5.63. The Hall–Kier alpha value is -1.31. The first-order valence-electron chi connectivity index (χ1n) is 6.45. The minimum Gasteiger partial charge on any atom is -0.345 e. The van der Waals surface area contributed by atoms with Gasteiger partial charge in [-0.3, -0.25) is 4.79 Å². The smallest absolute Gasteiger partial charge is 0.222 e. The van der Waals surface area contributed by atoms with Crippen molar-refractivity contribution in [2.45, 2.75) is 38.0 Å². The fourth-order valence-electron chi connectivity index (χ4n) is 3.61. The maximum absolute atomic E-state index is 11.6. The van der Waals surface area contributed by atoms with Crippen LogP contribution in [0.25, 0.3) is 0 Å². The van der Waals surface area contributed by atoms with Gasteiger partial charge in [0.2, 0.25) is 5.91 Å². The lowest BCUT2D eigenvalue weighted by Crippen LogP contribution is -2.45. The SMILES string of the molecule is Cc1cccc2c1CCC21CCC(=O)N(C)C1. The highest BCUT2D eigenvalue weighted by atomic mass is 16.2. The summed E-state index contributed by atoms with van der Waals surface area (Å²) in [5, 5.41) is 0. The number of hydrogen-bond donors (Lipinski definition) is 0. The van der Waals surface area contributed by atoms with Crippen LogP contribution < -0.4 is 0 Å². The van der Waals surface area contributed by atoms with Gasteiger partial charge in [-0.25, -0.2) is 0 Å². The normalized spacial score (nSPS) is 27.6. The van der Waals surface area contributed by atoms with Crippen LogP contribution in [-0.2, 0) is 16.6 Å². The van der Waals surface area contributed by atoms with Crippen molar-refractivity contribution >= 4 is 5.91 Å². The zero-order chi connectivity index (χ0) is 12.0. The molecule has 1 atom stereocenters. The second-order valence-corrected chi connectivity index (χ2v) is 5.63. The Morgan fingerprint density at radius 3 is 2.76 bits per heavy atom. The molecule has 3 rings (SSSR count). The fraction of sp³-hybridized carbons (Fsp3) is 0.533. The molecule has 1 aromatic carbocycles. The highest BCUT2D eigenvalue weighted by Crippen LogP contribution is 2.45. The molecule has 1 unspecified atom stereocenters. The third kappa shape index (κ3) is 1.50. The lowest BCUT2D eigenvalue weighted by Gasteiger charge is -2.39. The van der Waals surface area contributed by atoms with Gasteiger partial charge in [0.1, 0.15) is 0 Å². The van der Waals surface area contributed by atoms with Crippen LogP contribution in [0.1, 0.15) is 36.0 Å². The average molecular weight is 229 g/mol. The Bertz CT molecular complexity index is 480. The van der Waals surface area contributed by atoms with Crippen molar-refractivity contribution < 1.29 is 4.79 Å². The summed E-state index contributed by atoms with van der Waals surface area (Å²) in [4.78, 5) is 13.6. The van der Waals surface area contributed by atoms with Gasteiger partial charge in [0, 0.05) is 25.4 Å². The topological polar surface area (TPSA) is 20.3 Å². The molecule has 1 saturated heterocycles. The molecule has 2 heteroatoms. The first kappa shape index (κ1) is 10.8. The second kappa shape index (κ2) is 3.59. The summed E-state index contributed by atoms with van der Waals surface area (Å²) < 4.78 is 0. The van der Waals surface area contributed by atoms with Crippen LogP contribution in [0.15, 0.2) is 18.2 Å². The zero-order valence-electron chi connectivity index (χ0n) is 10.6. The molecule has 0 N–H and O–H groups in total. The summed E-state index contributed by atoms with van der Waals surface area (Å²) in [6, 6.07) is 6.65. The first-order chi connectivity index (χ1) is 8.12. The summed E-state index contributed by atoms with van der Waals surface area (Å²) in [6.07, 6.45) is 4.14. The molecular weight excluding hydrogens is 210 g/mol. The number of fused-ring (bicyclic) bond motifs is 2. The number of rotatable bonds is 0. The molecule has 1 heterocycles. The third-order valence-electron chi connectivity index (χ3n) is 4.62. The number of aryl methyl sites for hydroxylation is 1. The van der Waals surface area contributed by atoms with Crippen molar-refractivity contribution in [3.63, 3.8) is 0 Å². The molecule has 1 aliphatic heterocycles. The van der Waals surface area contributed by atoms with Crippen LogP contribution in [0.2, 0.25) is 0 Å². The van der Waals surface area contributed by atoms with E-state index in [4.69, 9.17) is 0 Å². The van der Waals surface area contributed by atoms with E-state index in [1.54, 1.807) is 0 Å². The van der Waals surface area contributed by atoms with Crippen molar-refractivity contribution in [1.29, 1.82) is 0 Å². The highest BCUT2D eigenvalue weighted by molar-refractivity contribution is 5.77. The predicted molar refractivity (Wildman–Crippen MR) is 68.0 cm³/mol. The Kier molecular flexibility index (Phi) is 2.29. The van der Waals surface area contributed by atoms with Gasteiger partial charge in [0.05, 0.1) is 0 Å². The molecule has 0 saturated carbocycles. The molecular formula is C15H19NO. The minimum atomic E-state index is 0.254. The molecule has 2 nitrogen and oxygen atoms in total. The maximum Gasteiger partial charge on any atom is 0.222 e. The minimum absolute atomic E-state index is 0.254. The van der Waals surface area contributed by atoms with Crippen molar-refractivity contribution in [3.05, 3.63) is 34.9 Å². The molecule has 1 fully saturated rings. The van der Waals surface area contributed by atoms with Gasteiger partial charge in [-0.1, -0.05) is 18.2 Å². The molecule has 0 aromatic heterocycles. The van der Waals surface area contributed by atoms with Gasteiger partial charge in [-0.2, -0.15) is 0 Å². The predicted octanol–water partition coefficient (Wildman–Crippen LogP) is 2.43. The number of hydrogen-bond acceptors (Lipinski definition) is 1. The summed E-state index contributed by atoms with van der Waals surface area (Å²) in [7, 11) is 1.94. The summed E-state index contributed by atoms with van der Waals surface area (Å²) in [5.74, 6) is 0.303. The van der Waals surface area contributed by atoms with Crippen LogP contribution in [0.3, 0.4) is 0 Å². The van der Waals surface area contributed by atoms with Gasteiger partial charge in [0.15, 0.2) is 0 Å². The van der Waals surface area contributed by atoms with Crippen molar-refractivity contribution in [1.82, 2.24) is 4.90 Å². The van der Waals surface area contributed by atoms with Crippen LogP contribution in [0, 0.1) is 6.92 Å². The monoisotopic (exact) mass is 229 g/mol. The molecule has 17 heavy (non-hydrogen) atoms. The van der Waals surface area contributed by atoms with Gasteiger partial charge >= 0.3 is 0 Å². The van der Waals surface area contributed by atoms with E-state index in [0.29, 0.717) is 12.3 Å². The van der Waals surface area contributed by atoms with E-state index < -0.39 is 0 Å².